The maximum absolute atomic E-state index is 12.4. The number of imidazole rings is 1. The van der Waals surface area contributed by atoms with E-state index in [-0.39, 0.29) is 17.6 Å². The average molecular weight is 380 g/mol. The predicted molar refractivity (Wildman–Crippen MR) is 109 cm³/mol. The standard InChI is InChI=1S/C20H20N4O2S/c25-18(14-6-2-1-3-7-14)22-20(27)23-12-10-15(11-13-23)24-17-9-5-4-8-16(17)21-19(24)26/h1-9,15H,10-13H2,(H,21,26)(H,22,25,27). The number of H-pyrrole nitrogens is 1. The molecule has 0 aliphatic carbocycles. The molecular formula is C20H20N4O2S. The molecule has 7 heteroatoms. The molecule has 0 unspecified atom stereocenters. The fourth-order valence-corrected chi connectivity index (χ4v) is 3.88. The minimum atomic E-state index is -0.199. The Labute approximate surface area is 161 Å². The largest absolute Gasteiger partial charge is 0.349 e. The molecule has 27 heavy (non-hydrogen) atoms. The molecule has 0 radical (unpaired) electrons. The topological polar surface area (TPSA) is 70.1 Å². The van der Waals surface area contributed by atoms with Crippen LogP contribution in [0.25, 0.3) is 11.0 Å². The highest BCUT2D eigenvalue weighted by atomic mass is 32.1. The van der Waals surface area contributed by atoms with Crippen LogP contribution in [0, 0.1) is 0 Å². The first-order valence-electron chi connectivity index (χ1n) is 8.98. The van der Waals surface area contributed by atoms with E-state index in [4.69, 9.17) is 12.2 Å². The lowest BCUT2D eigenvalue weighted by molar-refractivity contribution is 0.0972. The van der Waals surface area contributed by atoms with Crippen molar-refractivity contribution in [3.63, 3.8) is 0 Å². The summed E-state index contributed by atoms with van der Waals surface area (Å²) >= 11 is 5.41. The second-order valence-electron chi connectivity index (χ2n) is 6.66. The van der Waals surface area contributed by atoms with Crippen molar-refractivity contribution in [1.82, 2.24) is 19.8 Å². The number of rotatable bonds is 2. The quantitative estimate of drug-likeness (QED) is 0.671. The van der Waals surface area contributed by atoms with Crippen molar-refractivity contribution >= 4 is 34.3 Å². The Morgan fingerprint density at radius 3 is 2.44 bits per heavy atom. The van der Waals surface area contributed by atoms with Crippen LogP contribution in [0.4, 0.5) is 0 Å². The number of aromatic amines is 1. The molecule has 0 spiro atoms. The van der Waals surface area contributed by atoms with Gasteiger partial charge >= 0.3 is 5.69 Å². The van der Waals surface area contributed by atoms with Gasteiger partial charge in [-0.15, -0.1) is 0 Å². The summed E-state index contributed by atoms with van der Waals surface area (Å²) in [7, 11) is 0. The van der Waals surface area contributed by atoms with E-state index >= 15 is 0 Å². The van der Waals surface area contributed by atoms with Crippen molar-refractivity contribution in [2.75, 3.05) is 13.1 Å². The van der Waals surface area contributed by atoms with Crippen molar-refractivity contribution in [1.29, 1.82) is 0 Å². The zero-order chi connectivity index (χ0) is 18.8. The number of benzene rings is 2. The van der Waals surface area contributed by atoms with Crippen LogP contribution in [-0.2, 0) is 0 Å². The molecule has 1 saturated heterocycles. The molecule has 4 rings (SSSR count). The van der Waals surface area contributed by atoms with Crippen molar-refractivity contribution in [2.24, 2.45) is 0 Å². The molecule has 1 fully saturated rings. The summed E-state index contributed by atoms with van der Waals surface area (Å²) in [5, 5.41) is 3.24. The minimum Gasteiger partial charge on any atom is -0.349 e. The van der Waals surface area contributed by atoms with Crippen LogP contribution in [0.2, 0.25) is 0 Å². The third-order valence-electron chi connectivity index (χ3n) is 5.00. The molecular weight excluding hydrogens is 360 g/mol. The number of nitrogens with zero attached hydrogens (tertiary/aromatic N) is 2. The summed E-state index contributed by atoms with van der Waals surface area (Å²) in [5.74, 6) is -0.199. The van der Waals surface area contributed by atoms with Crippen molar-refractivity contribution in [2.45, 2.75) is 18.9 Å². The molecule has 6 nitrogen and oxygen atoms in total. The Hall–Kier alpha value is -2.93. The van der Waals surface area contributed by atoms with E-state index in [1.807, 2.05) is 51.9 Å². The third kappa shape index (κ3) is 3.50. The van der Waals surface area contributed by atoms with Crippen LogP contribution in [0.15, 0.2) is 59.4 Å². The van der Waals surface area contributed by atoms with Gasteiger partial charge in [0.1, 0.15) is 0 Å². The SMILES string of the molecule is O=C(NC(=S)N1CCC(n2c(=O)[nH]c3ccccc32)CC1)c1ccccc1. The minimum absolute atomic E-state index is 0.0744. The van der Waals surface area contributed by atoms with Gasteiger partial charge in [-0.25, -0.2) is 4.79 Å². The number of hydrogen-bond acceptors (Lipinski definition) is 3. The van der Waals surface area contributed by atoms with Gasteiger partial charge in [-0.3, -0.25) is 14.7 Å². The van der Waals surface area contributed by atoms with E-state index in [1.54, 1.807) is 12.1 Å². The lowest BCUT2D eigenvalue weighted by Gasteiger charge is -2.34. The Bertz CT molecular complexity index is 1030. The number of fused-ring (bicyclic) bond motifs is 1. The van der Waals surface area contributed by atoms with Gasteiger partial charge in [0, 0.05) is 24.7 Å². The van der Waals surface area contributed by atoms with Crippen LogP contribution in [0.5, 0.6) is 0 Å². The number of amides is 1. The van der Waals surface area contributed by atoms with Crippen LogP contribution in [-0.4, -0.2) is 38.6 Å². The second kappa shape index (κ2) is 7.36. The van der Waals surface area contributed by atoms with Gasteiger partial charge in [0.15, 0.2) is 5.11 Å². The number of aromatic nitrogens is 2. The average Bonchev–Trinajstić information content (AvgIpc) is 3.04. The number of carbonyl (C=O) groups excluding carboxylic acids is 1. The Morgan fingerprint density at radius 1 is 1.04 bits per heavy atom. The molecule has 1 aliphatic rings. The fourth-order valence-electron chi connectivity index (χ4n) is 3.60. The zero-order valence-corrected chi connectivity index (χ0v) is 15.5. The highest BCUT2D eigenvalue weighted by molar-refractivity contribution is 7.80. The normalized spacial score (nSPS) is 15.0. The maximum Gasteiger partial charge on any atom is 0.326 e. The molecule has 2 N–H and O–H groups in total. The number of hydrogen-bond donors (Lipinski definition) is 2. The lowest BCUT2D eigenvalue weighted by Crippen LogP contribution is -2.47. The molecule has 138 valence electrons. The number of likely N-dealkylation sites (tertiary alicyclic amines) is 1. The number of para-hydroxylation sites is 2. The second-order valence-corrected chi connectivity index (χ2v) is 7.05. The first-order chi connectivity index (χ1) is 13.1. The van der Waals surface area contributed by atoms with Crippen molar-refractivity contribution < 1.29 is 4.79 Å². The molecule has 3 aromatic rings. The molecule has 1 amide bonds. The maximum atomic E-state index is 12.4. The van der Waals surface area contributed by atoms with E-state index in [0.717, 1.165) is 23.9 Å². The molecule has 1 aromatic heterocycles. The highest BCUT2D eigenvalue weighted by Gasteiger charge is 2.25. The summed E-state index contributed by atoms with van der Waals surface area (Å²) in [6.07, 6.45) is 1.59. The number of nitrogens with one attached hydrogen (secondary N) is 2. The summed E-state index contributed by atoms with van der Waals surface area (Å²) in [5.41, 5.74) is 2.30. The Morgan fingerprint density at radius 2 is 1.70 bits per heavy atom. The van der Waals surface area contributed by atoms with E-state index in [9.17, 15) is 9.59 Å². The molecule has 0 bridgehead atoms. The van der Waals surface area contributed by atoms with Gasteiger partial charge in [-0.1, -0.05) is 30.3 Å². The molecule has 1 aliphatic heterocycles. The fraction of sp³-hybridized carbons (Fsp3) is 0.250. The van der Waals surface area contributed by atoms with Gasteiger partial charge in [0.2, 0.25) is 0 Å². The smallest absolute Gasteiger partial charge is 0.326 e. The molecule has 0 saturated carbocycles. The number of piperidine rings is 1. The first-order valence-corrected chi connectivity index (χ1v) is 9.39. The van der Waals surface area contributed by atoms with Crippen molar-refractivity contribution in [3.8, 4) is 0 Å². The predicted octanol–water partition coefficient (Wildman–Crippen LogP) is 2.68. The summed E-state index contributed by atoms with van der Waals surface area (Å²) in [6.45, 7) is 1.40. The Kier molecular flexibility index (Phi) is 4.77. The third-order valence-corrected chi connectivity index (χ3v) is 5.36. The van der Waals surface area contributed by atoms with Gasteiger partial charge in [-0.2, -0.15) is 0 Å². The van der Waals surface area contributed by atoms with Crippen LogP contribution in [0.1, 0.15) is 29.2 Å². The molecule has 2 aromatic carbocycles. The summed E-state index contributed by atoms with van der Waals surface area (Å²) in [6, 6.07) is 16.9. The van der Waals surface area contributed by atoms with E-state index in [2.05, 4.69) is 10.3 Å². The highest BCUT2D eigenvalue weighted by Crippen LogP contribution is 2.24. The summed E-state index contributed by atoms with van der Waals surface area (Å²) in [4.78, 5) is 29.5. The van der Waals surface area contributed by atoms with Gasteiger partial charge in [-0.05, 0) is 49.3 Å². The zero-order valence-electron chi connectivity index (χ0n) is 14.7. The van der Waals surface area contributed by atoms with Gasteiger partial charge < -0.3 is 9.88 Å². The van der Waals surface area contributed by atoms with Crippen LogP contribution in [0.3, 0.4) is 0 Å². The van der Waals surface area contributed by atoms with E-state index in [1.165, 1.54) is 0 Å². The van der Waals surface area contributed by atoms with E-state index in [0.29, 0.717) is 23.8 Å². The number of thiocarbonyl (C=S) groups is 1. The van der Waals surface area contributed by atoms with Gasteiger partial charge in [0.25, 0.3) is 5.91 Å². The van der Waals surface area contributed by atoms with Crippen LogP contribution < -0.4 is 11.0 Å². The Balaban J connectivity index is 1.41. The molecule has 2 heterocycles. The van der Waals surface area contributed by atoms with Crippen molar-refractivity contribution in [3.05, 3.63) is 70.6 Å². The van der Waals surface area contributed by atoms with E-state index < -0.39 is 0 Å². The lowest BCUT2D eigenvalue weighted by atomic mass is 10.0. The van der Waals surface area contributed by atoms with Gasteiger partial charge in [0.05, 0.1) is 11.0 Å². The first kappa shape index (κ1) is 17.5. The number of carbonyl (C=O) groups is 1. The molecule has 0 atom stereocenters. The van der Waals surface area contributed by atoms with Crippen LogP contribution >= 0.6 is 12.2 Å². The summed E-state index contributed by atoms with van der Waals surface area (Å²) < 4.78 is 1.85. The monoisotopic (exact) mass is 380 g/mol.